The highest BCUT2D eigenvalue weighted by Gasteiger charge is 2.27. The Kier molecular flexibility index (Phi) is 3.69. The highest BCUT2D eigenvalue weighted by Crippen LogP contribution is 2.35. The molecule has 18 heavy (non-hydrogen) atoms. The van der Waals surface area contributed by atoms with E-state index in [2.05, 4.69) is 5.32 Å². The van der Waals surface area contributed by atoms with Gasteiger partial charge < -0.3 is 14.6 Å². The molecule has 0 saturated heterocycles. The first-order valence-corrected chi connectivity index (χ1v) is 6.27. The summed E-state index contributed by atoms with van der Waals surface area (Å²) in [6.07, 6.45) is 4.13. The predicted molar refractivity (Wildman–Crippen MR) is 66.3 cm³/mol. The summed E-state index contributed by atoms with van der Waals surface area (Å²) in [5.74, 6) is -0.636. The van der Waals surface area contributed by atoms with E-state index in [0.717, 1.165) is 12.8 Å². The summed E-state index contributed by atoms with van der Waals surface area (Å²) >= 11 is 0. The monoisotopic (exact) mass is 250 g/mol. The van der Waals surface area contributed by atoms with Gasteiger partial charge >= 0.3 is 5.97 Å². The van der Waals surface area contributed by atoms with E-state index in [9.17, 15) is 9.59 Å². The van der Waals surface area contributed by atoms with Gasteiger partial charge in [-0.25, -0.2) is 4.79 Å². The number of nitrogens with zero attached hydrogens (tertiary/aromatic N) is 1. The molecule has 1 fully saturated rings. The van der Waals surface area contributed by atoms with E-state index < -0.39 is 12.0 Å². The van der Waals surface area contributed by atoms with Gasteiger partial charge in [-0.15, -0.1) is 0 Å². The summed E-state index contributed by atoms with van der Waals surface area (Å²) in [5, 5.41) is 2.66. The first-order valence-electron chi connectivity index (χ1n) is 6.27. The number of carbonyl (C=O) groups is 2. The lowest BCUT2D eigenvalue weighted by molar-refractivity contribution is -0.144. The van der Waals surface area contributed by atoms with Crippen molar-refractivity contribution in [2.45, 2.75) is 38.8 Å². The maximum atomic E-state index is 12.0. The Labute approximate surface area is 106 Å². The van der Waals surface area contributed by atoms with Crippen LogP contribution in [0.25, 0.3) is 0 Å². The van der Waals surface area contributed by atoms with E-state index in [-0.39, 0.29) is 5.91 Å². The summed E-state index contributed by atoms with van der Waals surface area (Å²) in [5.41, 5.74) is 0.605. The van der Waals surface area contributed by atoms with Crippen molar-refractivity contribution in [3.63, 3.8) is 0 Å². The van der Waals surface area contributed by atoms with Crippen LogP contribution in [0.15, 0.2) is 18.3 Å². The van der Waals surface area contributed by atoms with Crippen LogP contribution in [0.3, 0.4) is 0 Å². The number of esters is 1. The van der Waals surface area contributed by atoms with Gasteiger partial charge in [0, 0.05) is 12.2 Å². The fourth-order valence-electron chi connectivity index (χ4n) is 1.85. The number of ether oxygens (including phenoxy) is 1. The van der Waals surface area contributed by atoms with Crippen LogP contribution in [0.2, 0.25) is 0 Å². The summed E-state index contributed by atoms with van der Waals surface area (Å²) in [6, 6.07) is 3.44. The third-order valence-corrected chi connectivity index (χ3v) is 2.94. The summed E-state index contributed by atoms with van der Waals surface area (Å²) in [6.45, 7) is 3.68. The van der Waals surface area contributed by atoms with Crippen LogP contribution < -0.4 is 5.32 Å². The van der Waals surface area contributed by atoms with Gasteiger partial charge in [0.1, 0.15) is 11.7 Å². The van der Waals surface area contributed by atoms with Crippen molar-refractivity contribution in [3.8, 4) is 0 Å². The molecule has 1 aromatic rings. The molecule has 1 atom stereocenters. The van der Waals surface area contributed by atoms with E-state index in [1.54, 1.807) is 19.9 Å². The maximum Gasteiger partial charge on any atom is 0.328 e. The Balaban J connectivity index is 1.98. The lowest BCUT2D eigenvalue weighted by Crippen LogP contribution is -2.40. The molecule has 1 heterocycles. The average molecular weight is 250 g/mol. The number of hydrogen-bond donors (Lipinski definition) is 1. The Hall–Kier alpha value is -1.78. The molecule has 1 unspecified atom stereocenters. The van der Waals surface area contributed by atoms with Crippen LogP contribution >= 0.6 is 0 Å². The molecule has 5 heteroatoms. The molecule has 5 nitrogen and oxygen atoms in total. The zero-order chi connectivity index (χ0) is 13.1. The van der Waals surface area contributed by atoms with Gasteiger partial charge in [0.15, 0.2) is 0 Å². The van der Waals surface area contributed by atoms with Gasteiger partial charge in [-0.1, -0.05) is 0 Å². The van der Waals surface area contributed by atoms with Crippen LogP contribution in [0.5, 0.6) is 0 Å². The molecular weight excluding hydrogens is 232 g/mol. The molecule has 1 saturated carbocycles. The Morgan fingerprint density at radius 1 is 1.56 bits per heavy atom. The third kappa shape index (κ3) is 2.72. The average Bonchev–Trinajstić information content (AvgIpc) is 3.06. The molecule has 1 aliphatic rings. The van der Waals surface area contributed by atoms with E-state index in [1.165, 1.54) is 0 Å². The van der Waals surface area contributed by atoms with Crippen LogP contribution in [0, 0.1) is 0 Å². The smallest absolute Gasteiger partial charge is 0.328 e. The number of aromatic nitrogens is 1. The predicted octanol–water partition coefficient (Wildman–Crippen LogP) is 1.50. The minimum absolute atomic E-state index is 0.229. The third-order valence-electron chi connectivity index (χ3n) is 2.94. The number of amides is 1. The Morgan fingerprint density at radius 2 is 2.28 bits per heavy atom. The van der Waals surface area contributed by atoms with Crippen molar-refractivity contribution in [2.75, 3.05) is 6.61 Å². The van der Waals surface area contributed by atoms with Gasteiger partial charge in [0.25, 0.3) is 5.91 Å². The van der Waals surface area contributed by atoms with E-state index >= 15 is 0 Å². The number of rotatable bonds is 5. The molecule has 1 aromatic heterocycles. The van der Waals surface area contributed by atoms with Crippen molar-refractivity contribution in [1.82, 2.24) is 9.88 Å². The molecule has 1 amide bonds. The first-order chi connectivity index (χ1) is 8.63. The quantitative estimate of drug-likeness (QED) is 0.806. The van der Waals surface area contributed by atoms with E-state index in [0.29, 0.717) is 18.3 Å². The standard InChI is InChI=1S/C13H18N2O3/c1-3-18-13(17)9(2)14-12(16)11-5-4-8-15(11)10-6-7-10/h4-5,8-10H,3,6-7H2,1-2H3,(H,14,16). The Bertz CT molecular complexity index is 449. The molecular formula is C13H18N2O3. The highest BCUT2D eigenvalue weighted by atomic mass is 16.5. The fourth-order valence-corrected chi connectivity index (χ4v) is 1.85. The second kappa shape index (κ2) is 5.25. The zero-order valence-corrected chi connectivity index (χ0v) is 10.7. The minimum Gasteiger partial charge on any atom is -0.464 e. The van der Waals surface area contributed by atoms with Crippen molar-refractivity contribution >= 4 is 11.9 Å². The van der Waals surface area contributed by atoms with Gasteiger partial charge in [-0.05, 0) is 38.8 Å². The van der Waals surface area contributed by atoms with Crippen LogP contribution in [-0.2, 0) is 9.53 Å². The fraction of sp³-hybridized carbons (Fsp3) is 0.538. The van der Waals surface area contributed by atoms with Crippen LogP contribution in [0.4, 0.5) is 0 Å². The van der Waals surface area contributed by atoms with E-state index in [4.69, 9.17) is 4.74 Å². The summed E-state index contributed by atoms with van der Waals surface area (Å²) < 4.78 is 6.82. The molecule has 0 spiro atoms. The van der Waals surface area contributed by atoms with Crippen LogP contribution in [0.1, 0.15) is 43.2 Å². The second-order valence-corrected chi connectivity index (χ2v) is 4.48. The molecule has 0 bridgehead atoms. The SMILES string of the molecule is CCOC(=O)C(C)NC(=O)c1cccn1C1CC1. The lowest BCUT2D eigenvalue weighted by atomic mass is 10.3. The second-order valence-electron chi connectivity index (χ2n) is 4.48. The number of nitrogens with one attached hydrogen (secondary N) is 1. The molecule has 1 N–H and O–H groups in total. The molecule has 1 aliphatic carbocycles. The highest BCUT2D eigenvalue weighted by molar-refractivity contribution is 5.95. The number of carbonyl (C=O) groups excluding carboxylic acids is 2. The van der Waals surface area contributed by atoms with Crippen molar-refractivity contribution in [3.05, 3.63) is 24.0 Å². The lowest BCUT2D eigenvalue weighted by Gasteiger charge is -2.13. The van der Waals surface area contributed by atoms with Crippen molar-refractivity contribution in [2.24, 2.45) is 0 Å². The normalized spacial score (nSPS) is 16.1. The first kappa shape index (κ1) is 12.7. The van der Waals surface area contributed by atoms with Gasteiger partial charge in [0.2, 0.25) is 0 Å². The maximum absolute atomic E-state index is 12.0. The van der Waals surface area contributed by atoms with Crippen LogP contribution in [-0.4, -0.2) is 29.1 Å². The summed E-state index contributed by atoms with van der Waals surface area (Å²) in [7, 11) is 0. The van der Waals surface area contributed by atoms with Crippen molar-refractivity contribution in [1.29, 1.82) is 0 Å². The van der Waals surface area contributed by atoms with Gasteiger partial charge in [-0.3, -0.25) is 4.79 Å². The number of hydrogen-bond acceptors (Lipinski definition) is 3. The topological polar surface area (TPSA) is 60.3 Å². The molecule has 98 valence electrons. The largest absolute Gasteiger partial charge is 0.464 e. The van der Waals surface area contributed by atoms with Gasteiger partial charge in [0.05, 0.1) is 6.61 Å². The molecule has 0 radical (unpaired) electrons. The van der Waals surface area contributed by atoms with Gasteiger partial charge in [-0.2, -0.15) is 0 Å². The molecule has 0 aromatic carbocycles. The Morgan fingerprint density at radius 3 is 2.89 bits per heavy atom. The molecule has 2 rings (SSSR count). The van der Waals surface area contributed by atoms with E-state index in [1.807, 2.05) is 16.8 Å². The van der Waals surface area contributed by atoms with Crippen molar-refractivity contribution < 1.29 is 14.3 Å². The minimum atomic E-state index is -0.625. The zero-order valence-electron chi connectivity index (χ0n) is 10.7. The summed E-state index contributed by atoms with van der Waals surface area (Å²) in [4.78, 5) is 23.5. The molecule has 0 aliphatic heterocycles.